The van der Waals surface area contributed by atoms with Gasteiger partial charge >= 0.3 is 0 Å². The first kappa shape index (κ1) is 22.4. The zero-order chi connectivity index (χ0) is 21.9. The quantitative estimate of drug-likeness (QED) is 0.342. The molecule has 3 rings (SSSR count). The van der Waals surface area contributed by atoms with Gasteiger partial charge in [0.1, 0.15) is 35.9 Å². The Kier molecular flexibility index (Phi) is 6.94. The summed E-state index contributed by atoms with van der Waals surface area (Å²) in [6, 6.07) is 6.52. The first-order chi connectivity index (χ1) is 14.2. The van der Waals surface area contributed by atoms with Gasteiger partial charge in [-0.2, -0.15) is 0 Å². The highest BCUT2D eigenvalue weighted by Gasteiger charge is 2.45. The number of aromatic hydroxyl groups is 1. The molecule has 6 N–H and O–H groups in total. The summed E-state index contributed by atoms with van der Waals surface area (Å²) >= 11 is 0. The molecule has 1 heterocycles. The number of allylic oxidation sites excluding steroid dienone is 3. The molecule has 1 aromatic carbocycles. The Hall–Kier alpha value is -2.24. The fourth-order valence-electron chi connectivity index (χ4n) is 3.23. The van der Waals surface area contributed by atoms with Gasteiger partial charge in [0.15, 0.2) is 5.79 Å². The third-order valence-electron chi connectivity index (χ3n) is 4.98. The van der Waals surface area contributed by atoms with Crippen molar-refractivity contribution in [1.82, 2.24) is 0 Å². The number of ether oxygens (including phenoxy) is 3. The largest absolute Gasteiger partial charge is 0.508 e. The molecular weight excluding hydrogens is 396 g/mol. The van der Waals surface area contributed by atoms with Gasteiger partial charge < -0.3 is 44.8 Å². The monoisotopic (exact) mass is 422 g/mol. The molecular formula is C21H26O9. The minimum atomic E-state index is -1.67. The topological polar surface area (TPSA) is 149 Å². The summed E-state index contributed by atoms with van der Waals surface area (Å²) in [6.07, 6.45) is -0.648. The van der Waals surface area contributed by atoms with Crippen LogP contribution >= 0.6 is 0 Å². The van der Waals surface area contributed by atoms with Crippen LogP contribution in [0.1, 0.15) is 12.0 Å². The number of aliphatic hydroxyl groups is 5. The Morgan fingerprint density at radius 1 is 1.10 bits per heavy atom. The molecule has 1 unspecified atom stereocenters. The zero-order valence-electron chi connectivity index (χ0n) is 16.3. The van der Waals surface area contributed by atoms with Crippen LogP contribution in [0.4, 0.5) is 0 Å². The summed E-state index contributed by atoms with van der Waals surface area (Å²) in [5.41, 5.74) is 1.35. The first-order valence-electron chi connectivity index (χ1n) is 9.40. The molecule has 1 aromatic rings. The lowest BCUT2D eigenvalue weighted by molar-refractivity contribution is -0.294. The zero-order valence-corrected chi connectivity index (χ0v) is 16.3. The van der Waals surface area contributed by atoms with E-state index in [1.807, 2.05) is 0 Å². The maximum Gasteiger partial charge on any atom is 0.228 e. The lowest BCUT2D eigenvalue weighted by atomic mass is 9.97. The molecule has 1 aliphatic carbocycles. The Labute approximate surface area is 173 Å². The van der Waals surface area contributed by atoms with E-state index >= 15 is 0 Å². The molecule has 0 bridgehead atoms. The number of rotatable bonds is 6. The smallest absolute Gasteiger partial charge is 0.228 e. The number of aliphatic hydroxyl groups excluding tert-OH is 4. The lowest BCUT2D eigenvalue weighted by Gasteiger charge is -2.40. The van der Waals surface area contributed by atoms with Gasteiger partial charge in [0.2, 0.25) is 6.29 Å². The van der Waals surface area contributed by atoms with Gasteiger partial charge in [-0.3, -0.25) is 0 Å². The van der Waals surface area contributed by atoms with E-state index in [1.54, 1.807) is 42.5 Å². The highest BCUT2D eigenvalue weighted by molar-refractivity contribution is 5.56. The molecule has 9 nitrogen and oxygen atoms in total. The second-order valence-corrected chi connectivity index (χ2v) is 7.22. The minimum Gasteiger partial charge on any atom is -0.508 e. The molecule has 9 heteroatoms. The summed E-state index contributed by atoms with van der Waals surface area (Å²) in [4.78, 5) is 0. The van der Waals surface area contributed by atoms with Gasteiger partial charge in [0.25, 0.3) is 0 Å². The van der Waals surface area contributed by atoms with Gasteiger partial charge in [0, 0.05) is 7.11 Å². The predicted molar refractivity (Wildman–Crippen MR) is 105 cm³/mol. The Bertz CT molecular complexity index is 814. The third-order valence-corrected chi connectivity index (χ3v) is 4.98. The van der Waals surface area contributed by atoms with E-state index in [9.17, 15) is 30.6 Å². The molecule has 6 atom stereocenters. The SMILES string of the molecule is COC1(O)C=C(/C=C/c2ccc(O)cc2)C=C(O[C@@H]2O[C@H](CO)[C@@H](O)[C@H](O)[C@H]2O)C1. The molecule has 30 heavy (non-hydrogen) atoms. The van der Waals surface area contributed by atoms with Crippen molar-refractivity contribution in [1.29, 1.82) is 0 Å². The number of methoxy groups -OCH3 is 1. The normalized spacial score (nSPS) is 34.5. The molecule has 164 valence electrons. The first-order valence-corrected chi connectivity index (χ1v) is 9.40. The van der Waals surface area contributed by atoms with Gasteiger partial charge in [-0.25, -0.2) is 0 Å². The highest BCUT2D eigenvalue weighted by Crippen LogP contribution is 2.32. The van der Waals surface area contributed by atoms with Crippen LogP contribution in [0.5, 0.6) is 5.75 Å². The molecule has 1 fully saturated rings. The predicted octanol–water partition coefficient (Wildman–Crippen LogP) is -0.229. The average Bonchev–Trinajstić information content (AvgIpc) is 2.73. The van der Waals surface area contributed by atoms with Gasteiger partial charge in [-0.05, 0) is 35.4 Å². The number of phenols is 1. The van der Waals surface area contributed by atoms with E-state index in [1.165, 1.54) is 13.2 Å². The molecule has 1 aliphatic heterocycles. The van der Waals surface area contributed by atoms with Crippen molar-refractivity contribution in [2.45, 2.75) is 42.9 Å². The molecule has 0 radical (unpaired) electrons. The summed E-state index contributed by atoms with van der Waals surface area (Å²) in [7, 11) is 1.33. The number of hydrogen-bond acceptors (Lipinski definition) is 9. The second kappa shape index (κ2) is 9.27. The van der Waals surface area contributed by atoms with Crippen molar-refractivity contribution >= 4 is 6.08 Å². The van der Waals surface area contributed by atoms with E-state index in [0.717, 1.165) is 5.56 Å². The van der Waals surface area contributed by atoms with Crippen LogP contribution in [0, 0.1) is 0 Å². The minimum absolute atomic E-state index is 0.0882. The summed E-state index contributed by atoms with van der Waals surface area (Å²) < 4.78 is 16.2. The van der Waals surface area contributed by atoms with Gasteiger partial charge in [-0.15, -0.1) is 0 Å². The summed E-state index contributed by atoms with van der Waals surface area (Å²) in [5.74, 6) is -1.32. The van der Waals surface area contributed by atoms with Gasteiger partial charge in [0.05, 0.1) is 13.0 Å². The van der Waals surface area contributed by atoms with Crippen LogP contribution in [0.15, 0.2) is 53.8 Å². The number of benzene rings is 1. The molecule has 0 amide bonds. The Morgan fingerprint density at radius 3 is 2.43 bits per heavy atom. The lowest BCUT2D eigenvalue weighted by Crippen LogP contribution is -2.59. The van der Waals surface area contributed by atoms with Crippen LogP contribution in [0.25, 0.3) is 6.08 Å². The van der Waals surface area contributed by atoms with Crippen LogP contribution in [-0.2, 0) is 14.2 Å². The second-order valence-electron chi connectivity index (χ2n) is 7.22. The molecule has 0 saturated carbocycles. The fraction of sp³-hybridized carbons (Fsp3) is 0.429. The third kappa shape index (κ3) is 5.08. The van der Waals surface area contributed by atoms with Gasteiger partial charge in [-0.1, -0.05) is 24.3 Å². The van der Waals surface area contributed by atoms with Crippen LogP contribution in [0.2, 0.25) is 0 Å². The molecule has 1 saturated heterocycles. The van der Waals surface area contributed by atoms with Crippen molar-refractivity contribution in [2.24, 2.45) is 0 Å². The Morgan fingerprint density at radius 2 is 1.80 bits per heavy atom. The maximum absolute atomic E-state index is 10.6. The van der Waals surface area contributed by atoms with Crippen molar-refractivity contribution in [3.05, 3.63) is 59.4 Å². The molecule has 0 spiro atoms. The van der Waals surface area contributed by atoms with E-state index < -0.39 is 43.1 Å². The van der Waals surface area contributed by atoms with Crippen LogP contribution in [0.3, 0.4) is 0 Å². The highest BCUT2D eigenvalue weighted by atomic mass is 16.7. The van der Waals surface area contributed by atoms with Crippen LogP contribution < -0.4 is 0 Å². The van der Waals surface area contributed by atoms with Crippen molar-refractivity contribution in [3.8, 4) is 5.75 Å². The standard InChI is InChI=1S/C21H26O9/c1-28-21(27)9-13(3-2-12-4-6-14(23)7-5-12)8-15(10-21)29-20-19(26)18(25)17(24)16(11-22)30-20/h2-9,16-20,22-27H,10-11H2,1H3/b3-2+/t16-,17-,18+,19-,20-,21?/m1/s1. The van der Waals surface area contributed by atoms with E-state index in [0.29, 0.717) is 5.57 Å². The molecule has 0 aromatic heterocycles. The Balaban J connectivity index is 1.79. The fourth-order valence-corrected chi connectivity index (χ4v) is 3.23. The number of hydrogen-bond donors (Lipinski definition) is 6. The summed E-state index contributed by atoms with van der Waals surface area (Å²) in [5, 5.41) is 59.3. The van der Waals surface area contributed by atoms with Crippen molar-refractivity contribution in [2.75, 3.05) is 13.7 Å². The summed E-state index contributed by atoms with van der Waals surface area (Å²) in [6.45, 7) is -0.577. The van der Waals surface area contributed by atoms with Crippen molar-refractivity contribution < 1.29 is 44.8 Å². The molecule has 2 aliphatic rings. The maximum atomic E-state index is 10.6. The number of phenolic OH excluding ortho intramolecular Hbond substituents is 1. The van der Waals surface area contributed by atoms with Crippen molar-refractivity contribution in [3.63, 3.8) is 0 Å². The van der Waals surface area contributed by atoms with E-state index in [-0.39, 0.29) is 17.9 Å². The van der Waals surface area contributed by atoms with E-state index in [2.05, 4.69) is 0 Å². The average molecular weight is 422 g/mol. The van der Waals surface area contributed by atoms with E-state index in [4.69, 9.17) is 14.2 Å². The van der Waals surface area contributed by atoms with Crippen LogP contribution in [-0.4, -0.2) is 80.8 Å².